The number of nitrogens with zero attached hydrogens (tertiary/aromatic N) is 4. The molecule has 136 valence electrons. The van der Waals surface area contributed by atoms with Gasteiger partial charge in [0.1, 0.15) is 0 Å². The van der Waals surface area contributed by atoms with Gasteiger partial charge in [0, 0.05) is 35.6 Å². The predicted molar refractivity (Wildman–Crippen MR) is 102 cm³/mol. The summed E-state index contributed by atoms with van der Waals surface area (Å²) in [6, 6.07) is 11.6. The number of aromatic amines is 1. The molecule has 27 heavy (non-hydrogen) atoms. The number of nitrogens with one attached hydrogen (secondary N) is 1. The van der Waals surface area contributed by atoms with Crippen molar-refractivity contribution in [2.45, 2.75) is 20.0 Å². The van der Waals surface area contributed by atoms with E-state index >= 15 is 0 Å². The molecule has 4 rings (SSSR count). The van der Waals surface area contributed by atoms with Crippen LogP contribution in [0.2, 0.25) is 0 Å². The number of fused-ring (bicyclic) bond motifs is 1. The lowest BCUT2D eigenvalue weighted by Gasteiger charge is -2.14. The van der Waals surface area contributed by atoms with Crippen molar-refractivity contribution < 1.29 is 4.52 Å². The van der Waals surface area contributed by atoms with Crippen molar-refractivity contribution in [3.8, 4) is 11.4 Å². The van der Waals surface area contributed by atoms with Crippen molar-refractivity contribution in [2.24, 2.45) is 0 Å². The normalized spacial score (nSPS) is 11.4. The van der Waals surface area contributed by atoms with Crippen LogP contribution in [0.15, 0.2) is 58.1 Å². The van der Waals surface area contributed by atoms with E-state index in [-0.39, 0.29) is 5.56 Å². The lowest BCUT2D eigenvalue weighted by atomic mass is 10.1. The Bertz CT molecular complexity index is 1130. The molecule has 0 radical (unpaired) electrons. The summed E-state index contributed by atoms with van der Waals surface area (Å²) in [6.45, 7) is 2.96. The van der Waals surface area contributed by atoms with Gasteiger partial charge in [-0.2, -0.15) is 4.98 Å². The molecular formula is C20H19N5O2. The molecule has 0 aliphatic heterocycles. The van der Waals surface area contributed by atoms with Gasteiger partial charge < -0.3 is 9.51 Å². The molecule has 0 aliphatic rings. The molecule has 1 N–H and O–H groups in total. The summed E-state index contributed by atoms with van der Waals surface area (Å²) in [5, 5.41) is 5.03. The maximum atomic E-state index is 12.4. The van der Waals surface area contributed by atoms with Gasteiger partial charge in [0.25, 0.3) is 5.56 Å². The van der Waals surface area contributed by atoms with Crippen LogP contribution in [-0.2, 0) is 13.1 Å². The zero-order chi connectivity index (χ0) is 18.8. The van der Waals surface area contributed by atoms with E-state index in [4.69, 9.17) is 4.52 Å². The Morgan fingerprint density at radius 1 is 1.11 bits per heavy atom. The molecule has 4 aromatic rings. The Labute approximate surface area is 155 Å². The maximum absolute atomic E-state index is 12.4. The van der Waals surface area contributed by atoms with E-state index in [0.717, 1.165) is 22.0 Å². The molecule has 0 amide bonds. The summed E-state index contributed by atoms with van der Waals surface area (Å²) in [5.41, 5.74) is 3.47. The number of H-pyrrole nitrogens is 1. The largest absolute Gasteiger partial charge is 0.338 e. The van der Waals surface area contributed by atoms with Crippen LogP contribution in [0.5, 0.6) is 0 Å². The minimum absolute atomic E-state index is 0.0822. The quantitative estimate of drug-likeness (QED) is 0.588. The number of aromatic nitrogens is 4. The fourth-order valence-corrected chi connectivity index (χ4v) is 3.00. The topological polar surface area (TPSA) is 87.9 Å². The Balaban J connectivity index is 1.50. The molecule has 3 heterocycles. The van der Waals surface area contributed by atoms with E-state index in [9.17, 15) is 4.79 Å². The second-order valence-corrected chi connectivity index (χ2v) is 6.63. The van der Waals surface area contributed by atoms with Gasteiger partial charge in [-0.05, 0) is 49.7 Å². The molecule has 0 spiro atoms. The van der Waals surface area contributed by atoms with E-state index in [2.05, 4.69) is 26.2 Å². The highest BCUT2D eigenvalue weighted by Gasteiger charge is 2.12. The number of rotatable bonds is 5. The molecule has 0 fully saturated rings. The van der Waals surface area contributed by atoms with E-state index in [0.29, 0.717) is 30.4 Å². The summed E-state index contributed by atoms with van der Waals surface area (Å²) in [6.07, 6.45) is 3.37. The van der Waals surface area contributed by atoms with Crippen molar-refractivity contribution in [2.75, 3.05) is 7.05 Å². The van der Waals surface area contributed by atoms with Crippen molar-refractivity contribution >= 4 is 10.9 Å². The van der Waals surface area contributed by atoms with Gasteiger partial charge in [-0.3, -0.25) is 14.7 Å². The number of benzene rings is 1. The van der Waals surface area contributed by atoms with Gasteiger partial charge >= 0.3 is 0 Å². The summed E-state index contributed by atoms with van der Waals surface area (Å²) in [4.78, 5) is 25.7. The van der Waals surface area contributed by atoms with E-state index in [1.54, 1.807) is 12.4 Å². The minimum atomic E-state index is -0.0822. The average molecular weight is 361 g/mol. The molecule has 0 bridgehead atoms. The molecule has 7 heteroatoms. The first kappa shape index (κ1) is 17.1. The zero-order valence-corrected chi connectivity index (χ0v) is 15.1. The first-order chi connectivity index (χ1) is 13.1. The number of aryl methyl sites for hydroxylation is 1. The molecule has 0 aliphatic carbocycles. The molecule has 0 saturated carbocycles. The highest BCUT2D eigenvalue weighted by molar-refractivity contribution is 5.79. The Morgan fingerprint density at radius 2 is 1.93 bits per heavy atom. The third kappa shape index (κ3) is 3.78. The minimum Gasteiger partial charge on any atom is -0.338 e. The molecule has 3 aromatic heterocycles. The van der Waals surface area contributed by atoms with Crippen LogP contribution >= 0.6 is 0 Å². The van der Waals surface area contributed by atoms with Gasteiger partial charge in [-0.1, -0.05) is 16.8 Å². The molecule has 1 aromatic carbocycles. The van der Waals surface area contributed by atoms with Crippen molar-refractivity contribution in [1.29, 1.82) is 0 Å². The highest BCUT2D eigenvalue weighted by Crippen LogP contribution is 2.16. The van der Waals surface area contributed by atoms with Crippen molar-refractivity contribution in [1.82, 2.24) is 25.0 Å². The lowest BCUT2D eigenvalue weighted by Crippen LogP contribution is -2.23. The predicted octanol–water partition coefficient (Wildman–Crippen LogP) is 2.91. The second-order valence-electron chi connectivity index (χ2n) is 6.63. The molecule has 0 unspecified atom stereocenters. The summed E-state index contributed by atoms with van der Waals surface area (Å²) < 4.78 is 5.33. The Kier molecular flexibility index (Phi) is 4.52. The summed E-state index contributed by atoms with van der Waals surface area (Å²) in [5.74, 6) is 1.03. The van der Waals surface area contributed by atoms with Gasteiger partial charge in [-0.15, -0.1) is 0 Å². The first-order valence-corrected chi connectivity index (χ1v) is 8.62. The fraction of sp³-hybridized carbons (Fsp3) is 0.200. The zero-order valence-electron chi connectivity index (χ0n) is 15.1. The van der Waals surface area contributed by atoms with E-state index < -0.39 is 0 Å². The standard InChI is InChI=1S/C20H19N5O2/c1-13-3-4-17-15(9-13)10-16(20(26)22-17)11-25(2)12-18-23-19(24-27-18)14-5-7-21-8-6-14/h3-10H,11-12H2,1-2H3,(H,22,26). The van der Waals surface area contributed by atoms with Crippen molar-refractivity contribution in [3.05, 3.63) is 76.2 Å². The van der Waals surface area contributed by atoms with Gasteiger partial charge in [0.05, 0.1) is 6.54 Å². The van der Waals surface area contributed by atoms with Crippen LogP contribution in [0.25, 0.3) is 22.3 Å². The molecule has 0 saturated heterocycles. The molecule has 0 atom stereocenters. The van der Waals surface area contributed by atoms with Gasteiger partial charge in [0.15, 0.2) is 0 Å². The van der Waals surface area contributed by atoms with E-state index in [1.807, 2.05) is 49.2 Å². The van der Waals surface area contributed by atoms with Crippen LogP contribution in [0, 0.1) is 6.92 Å². The second kappa shape index (κ2) is 7.13. The third-order valence-electron chi connectivity index (χ3n) is 4.33. The Morgan fingerprint density at radius 3 is 2.74 bits per heavy atom. The first-order valence-electron chi connectivity index (χ1n) is 8.62. The fourth-order valence-electron chi connectivity index (χ4n) is 3.00. The lowest BCUT2D eigenvalue weighted by molar-refractivity contribution is 0.260. The van der Waals surface area contributed by atoms with Crippen LogP contribution in [-0.4, -0.2) is 32.1 Å². The molecular weight excluding hydrogens is 342 g/mol. The molecule has 7 nitrogen and oxygen atoms in total. The summed E-state index contributed by atoms with van der Waals surface area (Å²) >= 11 is 0. The SMILES string of the molecule is Cc1ccc2[nH]c(=O)c(CN(C)Cc3nc(-c4ccncc4)no3)cc2c1. The number of hydrogen-bond acceptors (Lipinski definition) is 6. The van der Waals surface area contributed by atoms with Crippen LogP contribution in [0.4, 0.5) is 0 Å². The van der Waals surface area contributed by atoms with Crippen LogP contribution in [0.1, 0.15) is 17.0 Å². The number of hydrogen-bond donors (Lipinski definition) is 1. The van der Waals surface area contributed by atoms with Gasteiger partial charge in [-0.25, -0.2) is 0 Å². The smallest absolute Gasteiger partial charge is 0.252 e. The van der Waals surface area contributed by atoms with Crippen LogP contribution in [0.3, 0.4) is 0 Å². The highest BCUT2D eigenvalue weighted by atomic mass is 16.5. The maximum Gasteiger partial charge on any atom is 0.252 e. The summed E-state index contributed by atoms with van der Waals surface area (Å²) in [7, 11) is 1.91. The van der Waals surface area contributed by atoms with Crippen LogP contribution < -0.4 is 5.56 Å². The monoisotopic (exact) mass is 361 g/mol. The van der Waals surface area contributed by atoms with E-state index in [1.165, 1.54) is 0 Å². The van der Waals surface area contributed by atoms with Crippen molar-refractivity contribution in [3.63, 3.8) is 0 Å². The average Bonchev–Trinajstić information content (AvgIpc) is 3.12. The Hall–Kier alpha value is -3.32. The van der Waals surface area contributed by atoms with Gasteiger partial charge in [0.2, 0.25) is 11.7 Å². The number of pyridine rings is 2. The third-order valence-corrected chi connectivity index (χ3v) is 4.33.